The SMILES string of the molecule is Cl.NCC(NC(=O)c1ccc(COc2ccc(Br)cc2)o1)C1CC1. The largest absolute Gasteiger partial charge is 0.486 e. The number of halogens is 2. The summed E-state index contributed by atoms with van der Waals surface area (Å²) in [7, 11) is 0. The number of hydrogen-bond acceptors (Lipinski definition) is 4. The molecule has 24 heavy (non-hydrogen) atoms. The zero-order valence-electron chi connectivity index (χ0n) is 13.0. The number of ether oxygens (including phenoxy) is 1. The molecule has 3 N–H and O–H groups in total. The number of furan rings is 1. The molecule has 0 spiro atoms. The second-order valence-corrected chi connectivity index (χ2v) is 6.58. The van der Waals surface area contributed by atoms with Gasteiger partial charge in [-0.15, -0.1) is 12.4 Å². The minimum Gasteiger partial charge on any atom is -0.486 e. The summed E-state index contributed by atoms with van der Waals surface area (Å²) in [5, 5.41) is 2.93. The van der Waals surface area contributed by atoms with Crippen LogP contribution in [0.15, 0.2) is 45.3 Å². The molecule has 3 rings (SSSR count). The molecule has 1 unspecified atom stereocenters. The van der Waals surface area contributed by atoms with Crippen molar-refractivity contribution in [3.63, 3.8) is 0 Å². The molecule has 1 aliphatic carbocycles. The fourth-order valence-corrected chi connectivity index (χ4v) is 2.63. The third-order valence-electron chi connectivity index (χ3n) is 3.84. The van der Waals surface area contributed by atoms with Gasteiger partial charge in [0.25, 0.3) is 5.91 Å². The summed E-state index contributed by atoms with van der Waals surface area (Å²) < 4.78 is 12.2. The first-order valence-corrected chi connectivity index (χ1v) is 8.43. The van der Waals surface area contributed by atoms with Gasteiger partial charge in [-0.05, 0) is 55.2 Å². The normalized spacial score (nSPS) is 14.6. The second-order valence-electron chi connectivity index (χ2n) is 5.66. The number of benzene rings is 1. The van der Waals surface area contributed by atoms with E-state index in [0.29, 0.717) is 24.0 Å². The topological polar surface area (TPSA) is 77.5 Å². The van der Waals surface area contributed by atoms with Crippen LogP contribution in [0.3, 0.4) is 0 Å². The van der Waals surface area contributed by atoms with Crippen LogP contribution in [0.2, 0.25) is 0 Å². The molecule has 1 aliphatic rings. The molecule has 0 saturated heterocycles. The summed E-state index contributed by atoms with van der Waals surface area (Å²) in [5.74, 6) is 1.93. The molecule has 1 fully saturated rings. The van der Waals surface area contributed by atoms with E-state index in [4.69, 9.17) is 14.9 Å². The Kier molecular flexibility index (Phi) is 6.71. The summed E-state index contributed by atoms with van der Waals surface area (Å²) in [5.41, 5.74) is 5.70. The Morgan fingerprint density at radius 1 is 1.29 bits per heavy atom. The van der Waals surface area contributed by atoms with E-state index >= 15 is 0 Å². The molecular formula is C17H20BrClN2O3. The molecule has 0 radical (unpaired) electrons. The summed E-state index contributed by atoms with van der Waals surface area (Å²) in [4.78, 5) is 12.2. The average molecular weight is 416 g/mol. The summed E-state index contributed by atoms with van der Waals surface area (Å²) >= 11 is 3.37. The van der Waals surface area contributed by atoms with Gasteiger partial charge in [-0.2, -0.15) is 0 Å². The van der Waals surface area contributed by atoms with Crippen molar-refractivity contribution in [3.05, 3.63) is 52.4 Å². The Morgan fingerprint density at radius 3 is 2.62 bits per heavy atom. The maximum atomic E-state index is 12.2. The first kappa shape index (κ1) is 18.8. The molecule has 130 valence electrons. The van der Waals surface area contributed by atoms with E-state index in [1.165, 1.54) is 0 Å². The molecular weight excluding hydrogens is 396 g/mol. The minimum absolute atomic E-state index is 0. The van der Waals surface area contributed by atoms with E-state index in [0.717, 1.165) is 23.1 Å². The van der Waals surface area contributed by atoms with Crippen LogP contribution in [-0.2, 0) is 6.61 Å². The van der Waals surface area contributed by atoms with Crippen LogP contribution >= 0.6 is 28.3 Å². The van der Waals surface area contributed by atoms with E-state index < -0.39 is 0 Å². The molecule has 0 aliphatic heterocycles. The van der Waals surface area contributed by atoms with Crippen molar-refractivity contribution >= 4 is 34.2 Å². The molecule has 1 saturated carbocycles. The quantitative estimate of drug-likeness (QED) is 0.725. The fraction of sp³-hybridized carbons (Fsp3) is 0.353. The molecule has 1 heterocycles. The van der Waals surface area contributed by atoms with Gasteiger partial charge in [0.1, 0.15) is 18.1 Å². The van der Waals surface area contributed by atoms with Crippen molar-refractivity contribution in [1.29, 1.82) is 0 Å². The number of hydrogen-bond donors (Lipinski definition) is 2. The van der Waals surface area contributed by atoms with E-state index in [1.807, 2.05) is 24.3 Å². The standard InChI is InChI=1S/C17H19BrN2O3.ClH/c18-12-3-5-13(6-4-12)22-10-14-7-8-16(23-14)17(21)20-15(9-19)11-1-2-11;/h3-8,11,15H,1-2,9-10,19H2,(H,20,21);1H. The number of nitrogens with one attached hydrogen (secondary N) is 1. The van der Waals surface area contributed by atoms with Gasteiger partial charge < -0.3 is 20.2 Å². The monoisotopic (exact) mass is 414 g/mol. The molecule has 1 amide bonds. The smallest absolute Gasteiger partial charge is 0.287 e. The predicted molar refractivity (Wildman–Crippen MR) is 97.5 cm³/mol. The number of rotatable bonds is 7. The average Bonchev–Trinajstić information content (AvgIpc) is 3.29. The van der Waals surface area contributed by atoms with Gasteiger partial charge in [0.2, 0.25) is 0 Å². The first-order chi connectivity index (χ1) is 11.2. The van der Waals surface area contributed by atoms with Crippen molar-refractivity contribution < 1.29 is 13.9 Å². The first-order valence-electron chi connectivity index (χ1n) is 7.63. The van der Waals surface area contributed by atoms with Gasteiger partial charge in [-0.3, -0.25) is 4.79 Å². The maximum Gasteiger partial charge on any atom is 0.287 e. The van der Waals surface area contributed by atoms with Crippen LogP contribution < -0.4 is 15.8 Å². The summed E-state index contributed by atoms with van der Waals surface area (Å²) in [6.07, 6.45) is 2.26. The zero-order chi connectivity index (χ0) is 16.2. The number of carbonyl (C=O) groups excluding carboxylic acids is 1. The fourth-order valence-electron chi connectivity index (χ4n) is 2.37. The van der Waals surface area contributed by atoms with Crippen LogP contribution in [-0.4, -0.2) is 18.5 Å². The lowest BCUT2D eigenvalue weighted by Gasteiger charge is -2.14. The Morgan fingerprint density at radius 2 is 2.00 bits per heavy atom. The zero-order valence-corrected chi connectivity index (χ0v) is 15.4. The lowest BCUT2D eigenvalue weighted by Crippen LogP contribution is -2.41. The molecule has 2 aromatic rings. The molecule has 1 aromatic heterocycles. The Bertz CT molecular complexity index is 671. The van der Waals surface area contributed by atoms with Gasteiger partial charge in [0, 0.05) is 17.1 Å². The van der Waals surface area contributed by atoms with E-state index in [-0.39, 0.29) is 31.0 Å². The predicted octanol–water partition coefficient (Wildman–Crippen LogP) is 3.51. The third-order valence-corrected chi connectivity index (χ3v) is 4.37. The Hall–Kier alpha value is -1.50. The van der Waals surface area contributed by atoms with Crippen LogP contribution in [0.5, 0.6) is 5.75 Å². The van der Waals surface area contributed by atoms with Gasteiger partial charge >= 0.3 is 0 Å². The Labute approximate surface area is 155 Å². The van der Waals surface area contributed by atoms with Crippen LogP contribution in [0, 0.1) is 5.92 Å². The van der Waals surface area contributed by atoms with Gasteiger partial charge in [-0.25, -0.2) is 0 Å². The van der Waals surface area contributed by atoms with E-state index in [2.05, 4.69) is 21.2 Å². The van der Waals surface area contributed by atoms with Crippen molar-refractivity contribution in [3.8, 4) is 5.75 Å². The van der Waals surface area contributed by atoms with Crippen molar-refractivity contribution in [2.75, 3.05) is 6.54 Å². The van der Waals surface area contributed by atoms with Crippen molar-refractivity contribution in [2.45, 2.75) is 25.5 Å². The van der Waals surface area contributed by atoms with Crippen molar-refractivity contribution in [2.24, 2.45) is 11.7 Å². The molecule has 7 heteroatoms. The van der Waals surface area contributed by atoms with Gasteiger partial charge in [0.05, 0.1) is 0 Å². The lowest BCUT2D eigenvalue weighted by molar-refractivity contribution is 0.0901. The van der Waals surface area contributed by atoms with Gasteiger partial charge in [0.15, 0.2) is 5.76 Å². The highest BCUT2D eigenvalue weighted by molar-refractivity contribution is 9.10. The highest BCUT2D eigenvalue weighted by Crippen LogP contribution is 2.32. The highest BCUT2D eigenvalue weighted by Gasteiger charge is 2.31. The summed E-state index contributed by atoms with van der Waals surface area (Å²) in [6.45, 7) is 0.731. The molecule has 0 bridgehead atoms. The van der Waals surface area contributed by atoms with E-state index in [9.17, 15) is 4.79 Å². The maximum absolute atomic E-state index is 12.2. The number of amides is 1. The molecule has 1 aromatic carbocycles. The summed E-state index contributed by atoms with van der Waals surface area (Å²) in [6, 6.07) is 11.0. The van der Waals surface area contributed by atoms with Crippen LogP contribution in [0.1, 0.15) is 29.2 Å². The molecule has 5 nitrogen and oxygen atoms in total. The number of nitrogens with two attached hydrogens (primary N) is 1. The number of carbonyl (C=O) groups is 1. The van der Waals surface area contributed by atoms with Crippen molar-refractivity contribution in [1.82, 2.24) is 5.32 Å². The molecule has 1 atom stereocenters. The van der Waals surface area contributed by atoms with E-state index in [1.54, 1.807) is 12.1 Å². The third kappa shape index (κ3) is 5.00. The minimum atomic E-state index is -0.220. The second kappa shape index (κ2) is 8.55. The highest BCUT2D eigenvalue weighted by atomic mass is 79.9. The Balaban J connectivity index is 0.00000208. The van der Waals surface area contributed by atoms with Crippen LogP contribution in [0.4, 0.5) is 0 Å². The van der Waals surface area contributed by atoms with Gasteiger partial charge in [-0.1, -0.05) is 15.9 Å². The van der Waals surface area contributed by atoms with Crippen LogP contribution in [0.25, 0.3) is 0 Å². The lowest BCUT2D eigenvalue weighted by atomic mass is 10.2.